The van der Waals surface area contributed by atoms with Gasteiger partial charge in [0.15, 0.2) is 0 Å². The molecule has 1 fully saturated rings. The molecule has 0 aromatic rings. The second-order valence-electron chi connectivity index (χ2n) is 5.22. The molecule has 2 atom stereocenters. The lowest BCUT2D eigenvalue weighted by atomic mass is 10.1. The standard InChI is InChI=1S/C13H28N2/c1-12(11-14)7-6-10-15-9-5-3-4-8-13(15)2/h12-13H,3-11,14H2,1-2H3. The summed E-state index contributed by atoms with van der Waals surface area (Å²) < 4.78 is 0. The molecule has 0 spiro atoms. The van der Waals surface area contributed by atoms with Crippen molar-refractivity contribution in [1.29, 1.82) is 0 Å². The van der Waals surface area contributed by atoms with E-state index < -0.39 is 0 Å². The van der Waals surface area contributed by atoms with Gasteiger partial charge in [-0.05, 0) is 58.2 Å². The van der Waals surface area contributed by atoms with Crippen LogP contribution >= 0.6 is 0 Å². The van der Waals surface area contributed by atoms with Gasteiger partial charge in [-0.1, -0.05) is 19.8 Å². The first-order valence-corrected chi connectivity index (χ1v) is 6.68. The molecule has 90 valence electrons. The molecule has 1 saturated heterocycles. The van der Waals surface area contributed by atoms with Crippen molar-refractivity contribution < 1.29 is 0 Å². The molecule has 0 amide bonds. The zero-order valence-corrected chi connectivity index (χ0v) is 10.5. The van der Waals surface area contributed by atoms with E-state index in [1.54, 1.807) is 0 Å². The predicted molar refractivity (Wildman–Crippen MR) is 67.0 cm³/mol. The predicted octanol–water partition coefficient (Wildman–Crippen LogP) is 2.63. The van der Waals surface area contributed by atoms with Gasteiger partial charge in [0.05, 0.1) is 0 Å². The van der Waals surface area contributed by atoms with Gasteiger partial charge in [0, 0.05) is 6.04 Å². The van der Waals surface area contributed by atoms with E-state index in [-0.39, 0.29) is 0 Å². The third-order valence-electron chi connectivity index (χ3n) is 3.74. The Labute approximate surface area is 95.2 Å². The molecule has 0 aliphatic carbocycles. The van der Waals surface area contributed by atoms with E-state index in [2.05, 4.69) is 18.7 Å². The maximum atomic E-state index is 5.63. The summed E-state index contributed by atoms with van der Waals surface area (Å²) in [5.41, 5.74) is 5.63. The summed E-state index contributed by atoms with van der Waals surface area (Å²) in [6, 6.07) is 0.806. The summed E-state index contributed by atoms with van der Waals surface area (Å²) in [7, 11) is 0. The summed E-state index contributed by atoms with van der Waals surface area (Å²) >= 11 is 0. The van der Waals surface area contributed by atoms with Gasteiger partial charge in [0.2, 0.25) is 0 Å². The van der Waals surface area contributed by atoms with Crippen LogP contribution in [0.3, 0.4) is 0 Å². The smallest absolute Gasteiger partial charge is 0.00669 e. The molecule has 2 N–H and O–H groups in total. The lowest BCUT2D eigenvalue weighted by molar-refractivity contribution is 0.206. The summed E-state index contributed by atoms with van der Waals surface area (Å²) in [5, 5.41) is 0. The maximum Gasteiger partial charge on any atom is 0.00669 e. The fourth-order valence-corrected chi connectivity index (χ4v) is 2.43. The summed E-state index contributed by atoms with van der Waals surface area (Å²) in [4.78, 5) is 2.68. The fourth-order valence-electron chi connectivity index (χ4n) is 2.43. The van der Waals surface area contributed by atoms with E-state index in [9.17, 15) is 0 Å². The highest BCUT2D eigenvalue weighted by Crippen LogP contribution is 2.17. The quantitative estimate of drug-likeness (QED) is 0.759. The Kier molecular flexibility index (Phi) is 6.26. The molecular formula is C13H28N2. The van der Waals surface area contributed by atoms with Crippen LogP contribution in [0.4, 0.5) is 0 Å². The molecular weight excluding hydrogens is 184 g/mol. The van der Waals surface area contributed by atoms with Crippen molar-refractivity contribution in [3.63, 3.8) is 0 Å². The van der Waals surface area contributed by atoms with Crippen molar-refractivity contribution in [3.8, 4) is 0 Å². The first kappa shape index (κ1) is 13.0. The Bertz CT molecular complexity index is 159. The van der Waals surface area contributed by atoms with E-state index in [0.717, 1.165) is 12.6 Å². The maximum absolute atomic E-state index is 5.63. The van der Waals surface area contributed by atoms with Crippen LogP contribution in [0.25, 0.3) is 0 Å². The van der Waals surface area contributed by atoms with Gasteiger partial charge in [-0.15, -0.1) is 0 Å². The van der Waals surface area contributed by atoms with E-state index in [1.165, 1.54) is 51.6 Å². The molecule has 2 heteroatoms. The van der Waals surface area contributed by atoms with Crippen LogP contribution in [0.15, 0.2) is 0 Å². The van der Waals surface area contributed by atoms with Crippen molar-refractivity contribution in [2.45, 2.75) is 58.4 Å². The van der Waals surface area contributed by atoms with Crippen LogP contribution in [-0.2, 0) is 0 Å². The lowest BCUT2D eigenvalue weighted by Gasteiger charge is -2.27. The van der Waals surface area contributed by atoms with E-state index in [0.29, 0.717) is 5.92 Å². The van der Waals surface area contributed by atoms with Gasteiger partial charge >= 0.3 is 0 Å². The summed E-state index contributed by atoms with van der Waals surface area (Å²) in [5.74, 6) is 0.701. The van der Waals surface area contributed by atoms with Crippen LogP contribution in [-0.4, -0.2) is 30.6 Å². The molecule has 1 aliphatic rings. The van der Waals surface area contributed by atoms with E-state index in [4.69, 9.17) is 5.73 Å². The molecule has 15 heavy (non-hydrogen) atoms. The van der Waals surface area contributed by atoms with Crippen molar-refractivity contribution in [2.75, 3.05) is 19.6 Å². The summed E-state index contributed by atoms with van der Waals surface area (Å²) in [6.45, 7) is 8.09. The molecule has 0 saturated carbocycles. The Hall–Kier alpha value is -0.0800. The van der Waals surface area contributed by atoms with Crippen LogP contribution in [0, 0.1) is 5.92 Å². The minimum Gasteiger partial charge on any atom is -0.330 e. The Morgan fingerprint density at radius 1 is 1.33 bits per heavy atom. The lowest BCUT2D eigenvalue weighted by Crippen LogP contribution is -2.33. The molecule has 1 aliphatic heterocycles. The zero-order chi connectivity index (χ0) is 11.1. The largest absolute Gasteiger partial charge is 0.330 e. The van der Waals surface area contributed by atoms with Crippen molar-refractivity contribution in [2.24, 2.45) is 11.7 Å². The van der Waals surface area contributed by atoms with Crippen molar-refractivity contribution in [3.05, 3.63) is 0 Å². The number of nitrogens with two attached hydrogens (primary N) is 1. The fraction of sp³-hybridized carbons (Fsp3) is 1.00. The van der Waals surface area contributed by atoms with Gasteiger partial charge < -0.3 is 10.6 Å². The van der Waals surface area contributed by atoms with Crippen LogP contribution in [0.1, 0.15) is 52.4 Å². The van der Waals surface area contributed by atoms with Gasteiger partial charge in [-0.3, -0.25) is 0 Å². The SMILES string of the molecule is CC(CN)CCCN1CCCCCC1C. The number of hydrogen-bond acceptors (Lipinski definition) is 2. The highest BCUT2D eigenvalue weighted by Gasteiger charge is 2.16. The molecule has 2 unspecified atom stereocenters. The van der Waals surface area contributed by atoms with Gasteiger partial charge in [0.1, 0.15) is 0 Å². The molecule has 1 rings (SSSR count). The average Bonchev–Trinajstić information content (AvgIpc) is 2.44. The number of hydrogen-bond donors (Lipinski definition) is 1. The average molecular weight is 212 g/mol. The summed E-state index contributed by atoms with van der Waals surface area (Å²) in [6.07, 6.45) is 8.27. The van der Waals surface area contributed by atoms with Gasteiger partial charge in [-0.25, -0.2) is 0 Å². The molecule has 0 radical (unpaired) electrons. The minimum atomic E-state index is 0.701. The third kappa shape index (κ3) is 4.98. The second-order valence-corrected chi connectivity index (χ2v) is 5.22. The number of likely N-dealkylation sites (tertiary alicyclic amines) is 1. The van der Waals surface area contributed by atoms with E-state index in [1.807, 2.05) is 0 Å². The first-order valence-electron chi connectivity index (χ1n) is 6.68. The number of rotatable bonds is 5. The Balaban J connectivity index is 2.17. The first-order chi connectivity index (χ1) is 7.24. The number of nitrogens with zero attached hydrogens (tertiary/aromatic N) is 1. The molecule has 2 nitrogen and oxygen atoms in total. The monoisotopic (exact) mass is 212 g/mol. The highest BCUT2D eigenvalue weighted by molar-refractivity contribution is 4.71. The second kappa shape index (κ2) is 7.24. The van der Waals surface area contributed by atoms with Crippen LogP contribution in [0.5, 0.6) is 0 Å². The normalized spacial score (nSPS) is 26.2. The topological polar surface area (TPSA) is 29.3 Å². The van der Waals surface area contributed by atoms with Gasteiger partial charge in [-0.2, -0.15) is 0 Å². The Morgan fingerprint density at radius 3 is 2.87 bits per heavy atom. The molecule has 1 heterocycles. The van der Waals surface area contributed by atoms with Crippen molar-refractivity contribution in [1.82, 2.24) is 4.90 Å². The van der Waals surface area contributed by atoms with Crippen molar-refractivity contribution >= 4 is 0 Å². The Morgan fingerprint density at radius 2 is 2.13 bits per heavy atom. The third-order valence-corrected chi connectivity index (χ3v) is 3.74. The van der Waals surface area contributed by atoms with Crippen LogP contribution < -0.4 is 5.73 Å². The highest BCUT2D eigenvalue weighted by atomic mass is 15.1. The molecule has 0 bridgehead atoms. The zero-order valence-electron chi connectivity index (χ0n) is 10.5. The van der Waals surface area contributed by atoms with E-state index >= 15 is 0 Å². The minimum absolute atomic E-state index is 0.701. The van der Waals surface area contributed by atoms with Gasteiger partial charge in [0.25, 0.3) is 0 Å². The van der Waals surface area contributed by atoms with Crippen LogP contribution in [0.2, 0.25) is 0 Å². The molecule has 0 aromatic carbocycles. The molecule has 0 aromatic heterocycles.